The number of imide groups is 1. The van der Waals surface area contributed by atoms with Crippen LogP contribution in [0.2, 0.25) is 0 Å². The van der Waals surface area contributed by atoms with Crippen molar-refractivity contribution in [2.75, 3.05) is 11.9 Å². The number of carbonyl (C=O) groups excluding carboxylic acids is 3. The van der Waals surface area contributed by atoms with Crippen molar-refractivity contribution in [3.05, 3.63) is 65.5 Å². The van der Waals surface area contributed by atoms with Crippen molar-refractivity contribution < 1.29 is 27.6 Å². The van der Waals surface area contributed by atoms with E-state index in [0.29, 0.717) is 12.0 Å². The third-order valence-electron chi connectivity index (χ3n) is 4.92. The summed E-state index contributed by atoms with van der Waals surface area (Å²) in [6.07, 6.45) is 1.64. The Kier molecular flexibility index (Phi) is 6.09. The van der Waals surface area contributed by atoms with Crippen molar-refractivity contribution in [1.29, 1.82) is 0 Å². The molecule has 0 aromatic heterocycles. The summed E-state index contributed by atoms with van der Waals surface area (Å²) in [6, 6.07) is 7.28. The molecule has 9 heteroatoms. The minimum atomic E-state index is -1.40. The SMILES string of the molecule is CCCC[C@@]1(c2ccc(F)cc2)NC(=O)N(CC(=O)Nc2ccc(F)c(F)c2)C1=O. The van der Waals surface area contributed by atoms with E-state index < -0.39 is 47.4 Å². The fourth-order valence-corrected chi connectivity index (χ4v) is 3.37. The maximum absolute atomic E-state index is 13.3. The summed E-state index contributed by atoms with van der Waals surface area (Å²) in [5, 5.41) is 4.98. The van der Waals surface area contributed by atoms with Gasteiger partial charge in [0.2, 0.25) is 5.91 Å². The number of nitrogens with one attached hydrogen (secondary N) is 2. The largest absolute Gasteiger partial charge is 0.325 e. The number of rotatable bonds is 7. The van der Waals surface area contributed by atoms with Crippen LogP contribution in [-0.4, -0.2) is 29.3 Å². The second-order valence-corrected chi connectivity index (χ2v) is 7.01. The van der Waals surface area contributed by atoms with Gasteiger partial charge in [0, 0.05) is 11.8 Å². The van der Waals surface area contributed by atoms with Crippen LogP contribution >= 0.6 is 0 Å². The molecule has 30 heavy (non-hydrogen) atoms. The molecule has 0 bridgehead atoms. The smallest absolute Gasteiger partial charge is 0.324 e. The molecule has 3 rings (SSSR count). The number of urea groups is 1. The van der Waals surface area contributed by atoms with E-state index in [2.05, 4.69) is 10.6 Å². The molecule has 0 aliphatic carbocycles. The van der Waals surface area contributed by atoms with Gasteiger partial charge in [-0.05, 0) is 36.2 Å². The average Bonchev–Trinajstić information content (AvgIpc) is 2.95. The predicted octanol–water partition coefficient (Wildman–Crippen LogP) is 3.68. The summed E-state index contributed by atoms with van der Waals surface area (Å²) < 4.78 is 39.7. The van der Waals surface area contributed by atoms with Crippen molar-refractivity contribution >= 4 is 23.5 Å². The molecule has 0 unspecified atom stereocenters. The number of benzene rings is 2. The van der Waals surface area contributed by atoms with E-state index in [4.69, 9.17) is 0 Å². The van der Waals surface area contributed by atoms with Crippen LogP contribution in [0.5, 0.6) is 0 Å². The molecule has 0 spiro atoms. The lowest BCUT2D eigenvalue weighted by Crippen LogP contribution is -2.44. The highest BCUT2D eigenvalue weighted by molar-refractivity contribution is 6.10. The first kappa shape index (κ1) is 21.4. The first-order valence-electron chi connectivity index (χ1n) is 9.42. The maximum Gasteiger partial charge on any atom is 0.325 e. The number of carbonyl (C=O) groups is 3. The van der Waals surface area contributed by atoms with Crippen LogP contribution in [-0.2, 0) is 15.1 Å². The second kappa shape index (κ2) is 8.56. The van der Waals surface area contributed by atoms with Gasteiger partial charge in [-0.1, -0.05) is 31.9 Å². The second-order valence-electron chi connectivity index (χ2n) is 7.01. The lowest BCUT2D eigenvalue weighted by atomic mass is 9.85. The van der Waals surface area contributed by atoms with Crippen molar-refractivity contribution in [2.45, 2.75) is 31.7 Å². The van der Waals surface area contributed by atoms with E-state index >= 15 is 0 Å². The van der Waals surface area contributed by atoms with Crippen LogP contribution < -0.4 is 10.6 Å². The van der Waals surface area contributed by atoms with Gasteiger partial charge >= 0.3 is 6.03 Å². The molecule has 1 aliphatic rings. The fraction of sp³-hybridized carbons (Fsp3) is 0.286. The Morgan fingerprint density at radius 1 is 1.07 bits per heavy atom. The summed E-state index contributed by atoms with van der Waals surface area (Å²) in [6.45, 7) is 1.31. The van der Waals surface area contributed by atoms with Crippen molar-refractivity contribution in [1.82, 2.24) is 10.2 Å². The molecule has 1 heterocycles. The van der Waals surface area contributed by atoms with Crippen molar-refractivity contribution in [2.24, 2.45) is 0 Å². The van der Waals surface area contributed by atoms with E-state index in [1.54, 1.807) is 0 Å². The van der Waals surface area contributed by atoms with Gasteiger partial charge in [0.05, 0.1) is 0 Å². The summed E-state index contributed by atoms with van der Waals surface area (Å²) in [7, 11) is 0. The minimum Gasteiger partial charge on any atom is -0.324 e. The summed E-state index contributed by atoms with van der Waals surface area (Å²) in [5.74, 6) is -4.08. The molecular formula is C21H20F3N3O3. The highest BCUT2D eigenvalue weighted by Crippen LogP contribution is 2.34. The van der Waals surface area contributed by atoms with Gasteiger partial charge in [-0.25, -0.2) is 18.0 Å². The summed E-state index contributed by atoms with van der Waals surface area (Å²) >= 11 is 0. The summed E-state index contributed by atoms with van der Waals surface area (Å²) in [4.78, 5) is 38.8. The van der Waals surface area contributed by atoms with Gasteiger partial charge in [0.15, 0.2) is 11.6 Å². The highest BCUT2D eigenvalue weighted by Gasteiger charge is 2.52. The Hall–Kier alpha value is -3.36. The van der Waals surface area contributed by atoms with Gasteiger partial charge < -0.3 is 10.6 Å². The predicted molar refractivity (Wildman–Crippen MR) is 103 cm³/mol. The zero-order chi connectivity index (χ0) is 21.9. The number of hydrogen-bond acceptors (Lipinski definition) is 3. The van der Waals surface area contributed by atoms with Crippen LogP contribution in [0.4, 0.5) is 23.7 Å². The van der Waals surface area contributed by atoms with Crippen LogP contribution in [0.25, 0.3) is 0 Å². The molecule has 0 saturated carbocycles. The molecule has 6 nitrogen and oxygen atoms in total. The van der Waals surface area contributed by atoms with Crippen molar-refractivity contribution in [3.8, 4) is 0 Å². The number of anilines is 1. The lowest BCUT2D eigenvalue weighted by Gasteiger charge is -2.27. The maximum atomic E-state index is 13.3. The number of hydrogen-bond donors (Lipinski definition) is 2. The third kappa shape index (κ3) is 4.14. The molecule has 1 saturated heterocycles. The Balaban J connectivity index is 1.81. The zero-order valence-electron chi connectivity index (χ0n) is 16.2. The molecule has 4 amide bonds. The van der Waals surface area contributed by atoms with Crippen LogP contribution in [0.3, 0.4) is 0 Å². The molecule has 2 N–H and O–H groups in total. The van der Waals surface area contributed by atoms with E-state index in [9.17, 15) is 27.6 Å². The minimum absolute atomic E-state index is 0.0123. The topological polar surface area (TPSA) is 78.5 Å². The van der Waals surface area contributed by atoms with E-state index in [1.807, 2.05) is 6.92 Å². The molecule has 1 atom stereocenters. The number of amides is 4. The van der Waals surface area contributed by atoms with Crippen LogP contribution in [0.1, 0.15) is 31.7 Å². The third-order valence-corrected chi connectivity index (χ3v) is 4.92. The van der Waals surface area contributed by atoms with Gasteiger partial charge in [-0.15, -0.1) is 0 Å². The van der Waals surface area contributed by atoms with Gasteiger partial charge in [0.1, 0.15) is 17.9 Å². The van der Waals surface area contributed by atoms with Gasteiger partial charge in [-0.2, -0.15) is 0 Å². The average molecular weight is 419 g/mol. The monoisotopic (exact) mass is 419 g/mol. The first-order valence-corrected chi connectivity index (χ1v) is 9.42. The molecule has 1 aliphatic heterocycles. The molecule has 2 aromatic rings. The number of unbranched alkanes of at least 4 members (excludes halogenated alkanes) is 1. The molecule has 158 valence electrons. The number of halogens is 3. The highest BCUT2D eigenvalue weighted by atomic mass is 19.2. The lowest BCUT2D eigenvalue weighted by molar-refractivity contribution is -0.134. The van der Waals surface area contributed by atoms with Crippen LogP contribution in [0, 0.1) is 17.5 Å². The first-order chi connectivity index (χ1) is 14.3. The van der Waals surface area contributed by atoms with E-state index in [-0.39, 0.29) is 12.1 Å². The zero-order valence-corrected chi connectivity index (χ0v) is 16.2. The van der Waals surface area contributed by atoms with E-state index in [0.717, 1.165) is 29.5 Å². The number of nitrogens with zero attached hydrogens (tertiary/aromatic N) is 1. The fourth-order valence-electron chi connectivity index (χ4n) is 3.37. The quantitative estimate of drug-likeness (QED) is 0.672. The van der Waals surface area contributed by atoms with Crippen molar-refractivity contribution in [3.63, 3.8) is 0 Å². The van der Waals surface area contributed by atoms with Gasteiger partial charge in [0.25, 0.3) is 5.91 Å². The van der Waals surface area contributed by atoms with Crippen LogP contribution in [0.15, 0.2) is 42.5 Å². The molecule has 2 aromatic carbocycles. The summed E-state index contributed by atoms with van der Waals surface area (Å²) in [5.41, 5.74) is -0.996. The Morgan fingerprint density at radius 3 is 2.40 bits per heavy atom. The van der Waals surface area contributed by atoms with Gasteiger partial charge in [-0.3, -0.25) is 14.5 Å². The molecule has 1 fully saturated rings. The normalized spacial score (nSPS) is 18.5. The van der Waals surface area contributed by atoms with E-state index in [1.165, 1.54) is 24.3 Å². The standard InChI is InChI=1S/C21H20F3N3O3/c1-2-3-10-21(13-4-6-14(22)7-5-13)19(29)27(20(30)26-21)12-18(28)25-15-8-9-16(23)17(24)11-15/h4-9,11H,2-3,10,12H2,1H3,(H,25,28)(H,26,30)/t21-/m0/s1. The Labute approximate surface area is 171 Å². The Morgan fingerprint density at radius 2 is 1.77 bits per heavy atom. The Bertz CT molecular complexity index is 981. The molecular weight excluding hydrogens is 399 g/mol. The molecule has 0 radical (unpaired) electrons.